The van der Waals surface area contributed by atoms with Crippen LogP contribution in [0.15, 0.2) is 18.2 Å². The molecule has 4 heteroatoms. The second-order valence-electron chi connectivity index (χ2n) is 4.71. The Balaban J connectivity index is 2.67. The van der Waals surface area contributed by atoms with Crippen LogP contribution in [-0.2, 0) is 0 Å². The van der Waals surface area contributed by atoms with Gasteiger partial charge in [0.2, 0.25) is 0 Å². The van der Waals surface area contributed by atoms with Crippen LogP contribution >= 0.6 is 0 Å². The third kappa shape index (κ3) is 4.06. The van der Waals surface area contributed by atoms with Crippen molar-refractivity contribution in [3.05, 3.63) is 35.4 Å². The SMILES string of the molecule is CC(C)CNC(C)C(O)c1ccc(F)c(F)c1. The molecule has 0 fully saturated rings. The molecule has 0 amide bonds. The number of aliphatic hydroxyl groups excluding tert-OH is 1. The maximum absolute atomic E-state index is 13.0. The molecule has 0 aromatic heterocycles. The van der Waals surface area contributed by atoms with E-state index in [1.165, 1.54) is 6.07 Å². The van der Waals surface area contributed by atoms with E-state index in [1.807, 2.05) is 6.92 Å². The summed E-state index contributed by atoms with van der Waals surface area (Å²) in [4.78, 5) is 0. The predicted molar refractivity (Wildman–Crippen MR) is 63.6 cm³/mol. The molecule has 0 aliphatic rings. The van der Waals surface area contributed by atoms with Crippen LogP contribution in [0.1, 0.15) is 32.4 Å². The molecule has 0 heterocycles. The molecule has 2 atom stereocenters. The average Bonchev–Trinajstić information content (AvgIpc) is 2.28. The van der Waals surface area contributed by atoms with Crippen molar-refractivity contribution in [3.8, 4) is 0 Å². The second kappa shape index (κ2) is 6.07. The van der Waals surface area contributed by atoms with Crippen molar-refractivity contribution in [3.63, 3.8) is 0 Å². The van der Waals surface area contributed by atoms with Crippen molar-refractivity contribution in [1.29, 1.82) is 0 Å². The summed E-state index contributed by atoms with van der Waals surface area (Å²) in [6.45, 7) is 6.70. The Morgan fingerprint density at radius 1 is 1.18 bits per heavy atom. The lowest BCUT2D eigenvalue weighted by molar-refractivity contribution is 0.134. The summed E-state index contributed by atoms with van der Waals surface area (Å²) in [5.74, 6) is -1.36. The molecule has 1 aromatic rings. The Labute approximate surface area is 101 Å². The highest BCUT2D eigenvalue weighted by Crippen LogP contribution is 2.19. The van der Waals surface area contributed by atoms with Gasteiger partial charge in [0.25, 0.3) is 0 Å². The van der Waals surface area contributed by atoms with E-state index < -0.39 is 17.7 Å². The molecule has 0 radical (unpaired) electrons. The lowest BCUT2D eigenvalue weighted by Gasteiger charge is -2.21. The van der Waals surface area contributed by atoms with Crippen molar-refractivity contribution in [1.82, 2.24) is 5.32 Å². The molecule has 96 valence electrons. The van der Waals surface area contributed by atoms with E-state index in [0.29, 0.717) is 11.5 Å². The fraction of sp³-hybridized carbons (Fsp3) is 0.538. The lowest BCUT2D eigenvalue weighted by Crippen LogP contribution is -2.34. The Hall–Kier alpha value is -1.00. The first-order valence-electron chi connectivity index (χ1n) is 5.78. The molecular weight excluding hydrogens is 224 g/mol. The van der Waals surface area contributed by atoms with Crippen molar-refractivity contribution in [2.75, 3.05) is 6.54 Å². The van der Waals surface area contributed by atoms with Gasteiger partial charge >= 0.3 is 0 Å². The van der Waals surface area contributed by atoms with Crippen molar-refractivity contribution in [2.45, 2.75) is 32.9 Å². The molecule has 1 rings (SSSR count). The third-order valence-electron chi connectivity index (χ3n) is 2.61. The fourth-order valence-corrected chi connectivity index (χ4v) is 1.52. The zero-order valence-corrected chi connectivity index (χ0v) is 10.4. The molecular formula is C13H19F2NO. The molecule has 2 nitrogen and oxygen atoms in total. The highest BCUT2D eigenvalue weighted by molar-refractivity contribution is 5.21. The molecule has 0 saturated heterocycles. The van der Waals surface area contributed by atoms with Gasteiger partial charge in [-0.15, -0.1) is 0 Å². The van der Waals surface area contributed by atoms with Crippen LogP contribution in [-0.4, -0.2) is 17.7 Å². The zero-order valence-electron chi connectivity index (χ0n) is 10.4. The topological polar surface area (TPSA) is 32.3 Å². The molecule has 1 aromatic carbocycles. The Bertz CT molecular complexity index is 368. The van der Waals surface area contributed by atoms with Gasteiger partial charge in [-0.1, -0.05) is 19.9 Å². The van der Waals surface area contributed by atoms with Gasteiger partial charge in [-0.3, -0.25) is 0 Å². The Kier molecular flexibility index (Phi) is 5.02. The quantitative estimate of drug-likeness (QED) is 0.833. The summed E-state index contributed by atoms with van der Waals surface area (Å²) < 4.78 is 25.8. The highest BCUT2D eigenvalue weighted by atomic mass is 19.2. The molecule has 2 N–H and O–H groups in total. The van der Waals surface area contributed by atoms with Crippen molar-refractivity contribution >= 4 is 0 Å². The van der Waals surface area contributed by atoms with E-state index in [9.17, 15) is 13.9 Å². The van der Waals surface area contributed by atoms with Crippen LogP contribution in [0.4, 0.5) is 8.78 Å². The van der Waals surface area contributed by atoms with Gasteiger partial charge < -0.3 is 10.4 Å². The smallest absolute Gasteiger partial charge is 0.159 e. The normalized spacial score (nSPS) is 15.0. The van der Waals surface area contributed by atoms with Gasteiger partial charge in [0.1, 0.15) is 0 Å². The molecule has 17 heavy (non-hydrogen) atoms. The maximum atomic E-state index is 13.0. The monoisotopic (exact) mass is 243 g/mol. The summed E-state index contributed by atoms with van der Waals surface area (Å²) in [5.41, 5.74) is 0.382. The van der Waals surface area contributed by atoms with E-state index in [2.05, 4.69) is 19.2 Å². The van der Waals surface area contributed by atoms with Crippen LogP contribution < -0.4 is 5.32 Å². The Morgan fingerprint density at radius 2 is 1.82 bits per heavy atom. The van der Waals surface area contributed by atoms with E-state index in [1.54, 1.807) is 0 Å². The molecule has 0 bridgehead atoms. The summed E-state index contributed by atoms with van der Waals surface area (Å²) in [6, 6.07) is 3.26. The third-order valence-corrected chi connectivity index (χ3v) is 2.61. The number of rotatable bonds is 5. The summed E-state index contributed by atoms with van der Waals surface area (Å²) in [5, 5.41) is 13.1. The molecule has 0 spiro atoms. The minimum Gasteiger partial charge on any atom is -0.387 e. The van der Waals surface area contributed by atoms with Crippen LogP contribution in [0, 0.1) is 17.6 Å². The average molecular weight is 243 g/mol. The largest absolute Gasteiger partial charge is 0.387 e. The van der Waals surface area contributed by atoms with E-state index in [-0.39, 0.29) is 6.04 Å². The van der Waals surface area contributed by atoms with Gasteiger partial charge in [-0.2, -0.15) is 0 Å². The van der Waals surface area contributed by atoms with E-state index in [0.717, 1.165) is 18.7 Å². The number of nitrogens with one attached hydrogen (secondary N) is 1. The summed E-state index contributed by atoms with van der Waals surface area (Å²) >= 11 is 0. The highest BCUT2D eigenvalue weighted by Gasteiger charge is 2.17. The first-order valence-corrected chi connectivity index (χ1v) is 5.78. The van der Waals surface area contributed by atoms with Crippen molar-refractivity contribution in [2.24, 2.45) is 5.92 Å². The van der Waals surface area contributed by atoms with Crippen LogP contribution in [0.2, 0.25) is 0 Å². The van der Waals surface area contributed by atoms with Crippen LogP contribution in [0.25, 0.3) is 0 Å². The van der Waals surface area contributed by atoms with Crippen LogP contribution in [0.5, 0.6) is 0 Å². The second-order valence-corrected chi connectivity index (χ2v) is 4.71. The minimum atomic E-state index is -0.933. The first-order chi connectivity index (χ1) is 7.91. The first kappa shape index (κ1) is 14.1. The number of benzene rings is 1. The number of hydrogen-bond acceptors (Lipinski definition) is 2. The van der Waals surface area contributed by atoms with Gasteiger partial charge in [0.05, 0.1) is 6.10 Å². The summed E-state index contributed by atoms with van der Waals surface area (Å²) in [6.07, 6.45) is -0.844. The van der Waals surface area contributed by atoms with Crippen LogP contribution in [0.3, 0.4) is 0 Å². The van der Waals surface area contributed by atoms with Gasteiger partial charge in [-0.25, -0.2) is 8.78 Å². The van der Waals surface area contributed by atoms with Gasteiger partial charge in [-0.05, 0) is 37.1 Å². The van der Waals surface area contributed by atoms with E-state index in [4.69, 9.17) is 0 Å². The molecule has 2 unspecified atom stereocenters. The number of aliphatic hydroxyl groups is 1. The lowest BCUT2D eigenvalue weighted by atomic mass is 10.0. The predicted octanol–water partition coefficient (Wildman–Crippen LogP) is 2.63. The molecule has 0 aliphatic heterocycles. The zero-order chi connectivity index (χ0) is 13.0. The minimum absolute atomic E-state index is 0.206. The van der Waals surface area contributed by atoms with Gasteiger partial charge in [0.15, 0.2) is 11.6 Å². The number of hydrogen-bond donors (Lipinski definition) is 2. The van der Waals surface area contributed by atoms with Crippen molar-refractivity contribution < 1.29 is 13.9 Å². The standard InChI is InChI=1S/C13H19F2NO/c1-8(2)7-16-9(3)13(17)10-4-5-11(14)12(15)6-10/h4-6,8-9,13,16-17H,7H2,1-3H3. The molecule has 0 saturated carbocycles. The van der Waals surface area contributed by atoms with E-state index >= 15 is 0 Å². The summed E-state index contributed by atoms with van der Waals surface area (Å²) in [7, 11) is 0. The number of halogens is 2. The molecule has 0 aliphatic carbocycles. The maximum Gasteiger partial charge on any atom is 0.159 e. The Morgan fingerprint density at radius 3 is 2.35 bits per heavy atom. The fourth-order valence-electron chi connectivity index (χ4n) is 1.52. The van der Waals surface area contributed by atoms with Gasteiger partial charge in [0, 0.05) is 6.04 Å².